The van der Waals surface area contributed by atoms with Crippen molar-refractivity contribution in [2.75, 3.05) is 0 Å². The van der Waals surface area contributed by atoms with Gasteiger partial charge < -0.3 is 15.7 Å². The third-order valence-corrected chi connectivity index (χ3v) is 3.80. The van der Waals surface area contributed by atoms with E-state index in [0.717, 1.165) is 32.1 Å². The lowest BCUT2D eigenvalue weighted by Crippen LogP contribution is -2.64. The van der Waals surface area contributed by atoms with E-state index in [4.69, 9.17) is 5.11 Å². The van der Waals surface area contributed by atoms with Gasteiger partial charge in [-0.25, -0.2) is 9.59 Å². The van der Waals surface area contributed by atoms with Crippen molar-refractivity contribution in [3.8, 4) is 0 Å². The second kappa shape index (κ2) is 7.00. The predicted octanol–water partition coefficient (Wildman–Crippen LogP) is 2.80. The molecule has 0 bridgehead atoms. The molecule has 21 heavy (non-hydrogen) atoms. The van der Waals surface area contributed by atoms with Crippen molar-refractivity contribution in [2.24, 2.45) is 0 Å². The number of hydrogen-bond donors (Lipinski definition) is 3. The van der Waals surface area contributed by atoms with E-state index in [-0.39, 0.29) is 6.04 Å². The Hall–Kier alpha value is -1.47. The summed E-state index contributed by atoms with van der Waals surface area (Å²) in [4.78, 5) is 22.5. The number of amides is 2. The molecular weight excluding hydrogens is 289 g/mol. The van der Waals surface area contributed by atoms with E-state index in [1.807, 2.05) is 0 Å². The molecule has 0 radical (unpaired) electrons. The van der Waals surface area contributed by atoms with Crippen LogP contribution in [0.15, 0.2) is 0 Å². The highest BCUT2D eigenvalue weighted by Crippen LogP contribution is 2.30. The maximum atomic E-state index is 12.8. The quantitative estimate of drug-likeness (QED) is 0.750. The van der Waals surface area contributed by atoms with Gasteiger partial charge in [-0.05, 0) is 19.8 Å². The number of carbonyl (C=O) groups excluding carboxylic acids is 1. The molecule has 1 atom stereocenters. The number of halogens is 3. The number of nitrogens with one attached hydrogen (secondary N) is 2. The van der Waals surface area contributed by atoms with Crippen molar-refractivity contribution in [1.82, 2.24) is 10.6 Å². The van der Waals surface area contributed by atoms with Gasteiger partial charge in [0.05, 0.1) is 0 Å². The number of aliphatic carboxylic acids is 1. The van der Waals surface area contributed by atoms with Crippen LogP contribution in [0.4, 0.5) is 18.0 Å². The van der Waals surface area contributed by atoms with Crippen LogP contribution >= 0.6 is 0 Å². The first-order valence-corrected chi connectivity index (χ1v) is 7.05. The summed E-state index contributed by atoms with van der Waals surface area (Å²) < 4.78 is 38.4. The highest BCUT2D eigenvalue weighted by molar-refractivity contribution is 5.86. The molecule has 0 aliphatic heterocycles. The maximum Gasteiger partial charge on any atom is 0.422 e. The Kier molecular flexibility index (Phi) is 5.86. The molecule has 0 heterocycles. The van der Waals surface area contributed by atoms with Gasteiger partial charge in [-0.2, -0.15) is 13.2 Å². The van der Waals surface area contributed by atoms with Crippen LogP contribution in [0.25, 0.3) is 0 Å². The smallest absolute Gasteiger partial charge is 0.422 e. The molecule has 0 spiro atoms. The minimum absolute atomic E-state index is 0.212. The second-order valence-corrected chi connectivity index (χ2v) is 5.57. The Morgan fingerprint density at radius 1 is 1.05 bits per heavy atom. The number of carboxylic acid groups (broad SMARTS) is 1. The van der Waals surface area contributed by atoms with Gasteiger partial charge in [0.25, 0.3) is 0 Å². The van der Waals surface area contributed by atoms with Crippen LogP contribution in [-0.4, -0.2) is 34.9 Å². The molecule has 1 aliphatic rings. The Morgan fingerprint density at radius 2 is 1.52 bits per heavy atom. The molecule has 1 aliphatic carbocycles. The fraction of sp³-hybridized carbons (Fsp3) is 0.846. The topological polar surface area (TPSA) is 78.4 Å². The van der Waals surface area contributed by atoms with Crippen LogP contribution in [0.5, 0.6) is 0 Å². The Bertz CT molecular complexity index is 379. The standard InChI is InChI=1S/C13H21F3N2O3/c1-12(10(19)20,13(14,15)16)18-11(21)17-9-7-5-3-2-4-6-8-9/h9H,2-8H2,1H3,(H,19,20)(H2,17,18,21). The Labute approximate surface area is 121 Å². The highest BCUT2D eigenvalue weighted by Gasteiger charge is 2.58. The van der Waals surface area contributed by atoms with E-state index in [1.165, 1.54) is 0 Å². The number of alkyl halides is 3. The summed E-state index contributed by atoms with van der Waals surface area (Å²) in [5.41, 5.74) is -3.29. The van der Waals surface area contributed by atoms with Crippen molar-refractivity contribution in [3.63, 3.8) is 0 Å². The summed E-state index contributed by atoms with van der Waals surface area (Å²) in [7, 11) is 0. The lowest BCUT2D eigenvalue weighted by Gasteiger charge is -2.30. The van der Waals surface area contributed by atoms with Crippen LogP contribution < -0.4 is 10.6 Å². The lowest BCUT2D eigenvalue weighted by molar-refractivity contribution is -0.203. The minimum atomic E-state index is -5.07. The summed E-state index contributed by atoms with van der Waals surface area (Å²) in [6, 6.07) is -1.31. The fourth-order valence-corrected chi connectivity index (χ4v) is 2.29. The molecule has 8 heteroatoms. The van der Waals surface area contributed by atoms with Gasteiger partial charge in [0.2, 0.25) is 5.54 Å². The van der Waals surface area contributed by atoms with Crippen LogP contribution in [0.3, 0.4) is 0 Å². The monoisotopic (exact) mass is 310 g/mol. The van der Waals surface area contributed by atoms with E-state index < -0.39 is 23.7 Å². The van der Waals surface area contributed by atoms with E-state index in [1.54, 1.807) is 5.32 Å². The number of hydrogen-bond acceptors (Lipinski definition) is 2. The zero-order valence-corrected chi connectivity index (χ0v) is 11.9. The summed E-state index contributed by atoms with van der Waals surface area (Å²) in [5, 5.41) is 12.7. The molecule has 3 N–H and O–H groups in total. The van der Waals surface area contributed by atoms with Crippen molar-refractivity contribution in [2.45, 2.75) is 69.6 Å². The molecule has 0 saturated heterocycles. The molecule has 1 rings (SSSR count). The number of urea groups is 1. The summed E-state index contributed by atoms with van der Waals surface area (Å²) in [6.07, 6.45) is 1.33. The van der Waals surface area contributed by atoms with Crippen molar-refractivity contribution < 1.29 is 27.9 Å². The SMILES string of the molecule is CC(NC(=O)NC1CCCCCCC1)(C(=O)O)C(F)(F)F. The van der Waals surface area contributed by atoms with Crippen molar-refractivity contribution >= 4 is 12.0 Å². The van der Waals surface area contributed by atoms with Crippen molar-refractivity contribution in [1.29, 1.82) is 0 Å². The van der Waals surface area contributed by atoms with Gasteiger partial charge in [0.15, 0.2) is 0 Å². The van der Waals surface area contributed by atoms with Gasteiger partial charge in [0.1, 0.15) is 0 Å². The third kappa shape index (κ3) is 4.78. The largest absolute Gasteiger partial charge is 0.479 e. The zero-order chi connectivity index (χ0) is 16.1. The Morgan fingerprint density at radius 3 is 1.95 bits per heavy atom. The summed E-state index contributed by atoms with van der Waals surface area (Å²) in [6.45, 7) is 0.438. The van der Waals surface area contributed by atoms with E-state index in [9.17, 15) is 22.8 Å². The normalized spacial score (nSPS) is 20.8. The number of carboxylic acids is 1. The number of carbonyl (C=O) groups is 2. The van der Waals surface area contributed by atoms with Gasteiger partial charge in [-0.15, -0.1) is 0 Å². The van der Waals surface area contributed by atoms with Gasteiger partial charge in [-0.3, -0.25) is 0 Å². The van der Waals surface area contributed by atoms with Crippen LogP contribution in [0.2, 0.25) is 0 Å². The molecule has 122 valence electrons. The summed E-state index contributed by atoms with van der Waals surface area (Å²) >= 11 is 0. The molecule has 0 aromatic carbocycles. The zero-order valence-electron chi connectivity index (χ0n) is 11.9. The molecule has 5 nitrogen and oxygen atoms in total. The summed E-state index contributed by atoms with van der Waals surface area (Å²) in [5.74, 6) is -2.14. The minimum Gasteiger partial charge on any atom is -0.479 e. The molecule has 0 aromatic heterocycles. The van der Waals surface area contributed by atoms with Gasteiger partial charge >= 0.3 is 18.2 Å². The molecule has 0 aromatic rings. The first kappa shape index (κ1) is 17.6. The van der Waals surface area contributed by atoms with Gasteiger partial charge in [0, 0.05) is 6.04 Å². The van der Waals surface area contributed by atoms with Gasteiger partial charge in [-0.1, -0.05) is 32.1 Å². The van der Waals surface area contributed by atoms with Crippen LogP contribution in [-0.2, 0) is 4.79 Å². The number of rotatable bonds is 3. The third-order valence-electron chi connectivity index (χ3n) is 3.80. The van der Waals surface area contributed by atoms with Crippen LogP contribution in [0, 0.1) is 0 Å². The molecule has 1 saturated carbocycles. The average Bonchev–Trinajstić information content (AvgIpc) is 2.30. The molecule has 1 fully saturated rings. The molecular formula is C13H21F3N2O3. The first-order valence-electron chi connectivity index (χ1n) is 7.05. The lowest BCUT2D eigenvalue weighted by atomic mass is 9.97. The van der Waals surface area contributed by atoms with Crippen LogP contribution in [0.1, 0.15) is 51.9 Å². The average molecular weight is 310 g/mol. The second-order valence-electron chi connectivity index (χ2n) is 5.57. The van der Waals surface area contributed by atoms with E-state index in [2.05, 4.69) is 5.32 Å². The molecule has 2 amide bonds. The predicted molar refractivity (Wildman–Crippen MR) is 69.9 cm³/mol. The molecule has 1 unspecified atom stereocenters. The van der Waals surface area contributed by atoms with Crippen molar-refractivity contribution in [3.05, 3.63) is 0 Å². The van der Waals surface area contributed by atoms with E-state index in [0.29, 0.717) is 19.8 Å². The maximum absolute atomic E-state index is 12.8. The Balaban J connectivity index is 2.63. The highest BCUT2D eigenvalue weighted by atomic mass is 19.4. The van der Waals surface area contributed by atoms with E-state index >= 15 is 0 Å². The first-order chi connectivity index (χ1) is 9.67. The fourth-order valence-electron chi connectivity index (χ4n) is 2.29.